The zero-order valence-electron chi connectivity index (χ0n) is 19.2. The van der Waals surface area contributed by atoms with Gasteiger partial charge in [0, 0.05) is 18.7 Å². The number of amides is 1. The molecule has 0 aromatic heterocycles. The Labute approximate surface area is 194 Å². The van der Waals surface area contributed by atoms with Crippen molar-refractivity contribution in [2.45, 2.75) is 58.5 Å². The predicted molar refractivity (Wildman–Crippen MR) is 113 cm³/mol. The molecule has 0 spiro atoms. The molecule has 1 saturated heterocycles. The van der Waals surface area contributed by atoms with E-state index in [1.165, 1.54) is 25.5 Å². The monoisotopic (exact) mass is 496 g/mol. The first-order valence-corrected chi connectivity index (χ1v) is 11.2. The molecule has 3 rings (SSSR count). The lowest BCUT2D eigenvalue weighted by Gasteiger charge is -2.31. The summed E-state index contributed by atoms with van der Waals surface area (Å²) < 4.78 is 77.2. The van der Waals surface area contributed by atoms with Gasteiger partial charge in [-0.3, -0.25) is 9.59 Å². The van der Waals surface area contributed by atoms with Crippen LogP contribution in [0.15, 0.2) is 24.3 Å². The summed E-state index contributed by atoms with van der Waals surface area (Å²) in [5.41, 5.74) is -1.89. The number of piperidine rings is 1. The molecule has 0 unspecified atom stereocenters. The summed E-state index contributed by atoms with van der Waals surface area (Å²) in [6.07, 6.45) is -5.77. The molecule has 1 aromatic carbocycles. The zero-order valence-corrected chi connectivity index (χ0v) is 19.2. The Morgan fingerprint density at radius 1 is 1.12 bits per heavy atom. The molecular formula is C23H30F6N2O3. The number of Topliss-reactive ketones (excluding diaryl/α,β-unsaturated/α-hetero) is 1. The van der Waals surface area contributed by atoms with Crippen LogP contribution >= 0.6 is 0 Å². The van der Waals surface area contributed by atoms with E-state index in [0.717, 1.165) is 44.0 Å². The van der Waals surface area contributed by atoms with Crippen molar-refractivity contribution in [1.82, 2.24) is 10.2 Å². The average Bonchev–Trinajstić information content (AvgIpc) is 3.56. The van der Waals surface area contributed by atoms with Crippen LogP contribution in [0.3, 0.4) is 0 Å². The maximum atomic E-state index is 12.7. The third-order valence-electron chi connectivity index (χ3n) is 6.20. The number of carbonyl (C=O) groups excluding carboxylic acids is 2. The van der Waals surface area contributed by atoms with E-state index in [0.29, 0.717) is 13.1 Å². The number of nitrogens with one attached hydrogen (secondary N) is 1. The van der Waals surface area contributed by atoms with Gasteiger partial charge in [0.05, 0.1) is 0 Å². The maximum absolute atomic E-state index is 12.7. The van der Waals surface area contributed by atoms with Crippen LogP contribution in [-0.4, -0.2) is 55.3 Å². The molecule has 2 aliphatic rings. The summed E-state index contributed by atoms with van der Waals surface area (Å²) in [5, 5.41) is 2.46. The van der Waals surface area contributed by atoms with Gasteiger partial charge in [-0.25, -0.2) is 0 Å². The molecule has 1 aromatic rings. The van der Waals surface area contributed by atoms with Crippen molar-refractivity contribution in [3.05, 3.63) is 29.8 Å². The minimum absolute atomic E-state index is 0.0653. The van der Waals surface area contributed by atoms with Crippen molar-refractivity contribution in [2.24, 2.45) is 11.3 Å². The minimum Gasteiger partial charge on any atom is -0.406 e. The Hall–Kier alpha value is -2.30. The van der Waals surface area contributed by atoms with E-state index in [-0.39, 0.29) is 29.9 Å². The number of likely N-dealkylation sites (tertiary alicyclic amines) is 1. The number of ether oxygens (including phenoxy) is 1. The predicted octanol–water partition coefficient (Wildman–Crippen LogP) is 5.35. The van der Waals surface area contributed by atoms with Crippen LogP contribution in [0.2, 0.25) is 0 Å². The van der Waals surface area contributed by atoms with E-state index in [4.69, 9.17) is 0 Å². The molecule has 11 heteroatoms. The van der Waals surface area contributed by atoms with Crippen molar-refractivity contribution >= 4 is 11.7 Å². The number of rotatable bonds is 7. The quantitative estimate of drug-likeness (QED) is 0.408. The second kappa shape index (κ2) is 11.4. The van der Waals surface area contributed by atoms with Crippen LogP contribution in [0.25, 0.3) is 0 Å². The van der Waals surface area contributed by atoms with E-state index in [1.54, 1.807) is 0 Å². The molecule has 1 amide bonds. The molecule has 0 radical (unpaired) electrons. The fourth-order valence-electron chi connectivity index (χ4n) is 3.79. The van der Waals surface area contributed by atoms with Gasteiger partial charge in [0.2, 0.25) is 5.91 Å². The second-order valence-corrected chi connectivity index (χ2v) is 8.66. The fourth-order valence-corrected chi connectivity index (χ4v) is 3.79. The first-order valence-electron chi connectivity index (χ1n) is 11.2. The lowest BCUT2D eigenvalue weighted by atomic mass is 9.94. The highest BCUT2D eigenvalue weighted by Gasteiger charge is 2.68. The van der Waals surface area contributed by atoms with E-state index in [1.807, 2.05) is 0 Å². The minimum atomic E-state index is -4.73. The Morgan fingerprint density at radius 2 is 1.74 bits per heavy atom. The molecule has 192 valence electrons. The van der Waals surface area contributed by atoms with Gasteiger partial charge in [-0.2, -0.15) is 13.2 Å². The number of ketones is 1. The van der Waals surface area contributed by atoms with Gasteiger partial charge in [-0.1, -0.05) is 25.5 Å². The lowest BCUT2D eigenvalue weighted by Crippen LogP contribution is -2.45. The molecule has 2 fully saturated rings. The van der Waals surface area contributed by atoms with Gasteiger partial charge in [-0.15, -0.1) is 13.2 Å². The Balaban J connectivity index is 0.000000257. The van der Waals surface area contributed by atoms with Gasteiger partial charge in [-0.05, 0) is 63.7 Å². The highest BCUT2D eigenvalue weighted by Crippen LogP contribution is 2.57. The molecule has 0 bridgehead atoms. The number of halogens is 6. The van der Waals surface area contributed by atoms with Crippen LogP contribution in [0.4, 0.5) is 26.3 Å². The van der Waals surface area contributed by atoms with E-state index in [9.17, 15) is 35.9 Å². The number of nitrogens with zero attached hydrogens (tertiary/aromatic N) is 1. The smallest absolute Gasteiger partial charge is 0.406 e. The molecule has 1 aliphatic carbocycles. The molecule has 1 heterocycles. The first-order chi connectivity index (χ1) is 15.8. The molecule has 1 N–H and O–H groups in total. The largest absolute Gasteiger partial charge is 0.573 e. The first kappa shape index (κ1) is 27.9. The number of hydrogen-bond donors (Lipinski definition) is 1. The van der Waals surface area contributed by atoms with Crippen LogP contribution in [0, 0.1) is 11.3 Å². The number of benzene rings is 1. The molecular weight excluding hydrogens is 466 g/mol. The second-order valence-electron chi connectivity index (χ2n) is 8.66. The number of carbonyl (C=O) groups is 2. The van der Waals surface area contributed by atoms with E-state index >= 15 is 0 Å². The van der Waals surface area contributed by atoms with Crippen molar-refractivity contribution in [2.75, 3.05) is 26.2 Å². The summed E-state index contributed by atoms with van der Waals surface area (Å²) in [4.78, 5) is 24.7. The molecule has 5 nitrogen and oxygen atoms in total. The lowest BCUT2D eigenvalue weighted by molar-refractivity contribution is -0.274. The summed E-state index contributed by atoms with van der Waals surface area (Å²) in [6.45, 7) is 6.39. The highest BCUT2D eigenvalue weighted by molar-refractivity contribution is 5.94. The van der Waals surface area contributed by atoms with Gasteiger partial charge < -0.3 is 15.0 Å². The summed E-state index contributed by atoms with van der Waals surface area (Å²) in [5.74, 6) is -0.753. The molecule has 0 atom stereocenters. The number of hydrogen-bond acceptors (Lipinski definition) is 4. The zero-order chi connectivity index (χ0) is 25.6. The summed E-state index contributed by atoms with van der Waals surface area (Å²) in [6, 6.07) is 4.94. The summed E-state index contributed by atoms with van der Waals surface area (Å²) >= 11 is 0. The van der Waals surface area contributed by atoms with Crippen LogP contribution in [0.5, 0.6) is 5.75 Å². The van der Waals surface area contributed by atoms with Gasteiger partial charge in [0.15, 0.2) is 5.78 Å². The average molecular weight is 496 g/mol. The Kier molecular flexibility index (Phi) is 9.38. The van der Waals surface area contributed by atoms with Gasteiger partial charge >= 0.3 is 12.5 Å². The van der Waals surface area contributed by atoms with Crippen molar-refractivity contribution in [3.8, 4) is 5.75 Å². The van der Waals surface area contributed by atoms with E-state index < -0.39 is 23.9 Å². The highest BCUT2D eigenvalue weighted by atomic mass is 19.4. The van der Waals surface area contributed by atoms with Crippen molar-refractivity contribution in [3.63, 3.8) is 0 Å². The standard InChI is InChI=1S/C14H23F3N2O.C9H7F3O2/c1-2-11-3-8-19(9-4-11)10-7-18-12(20)13(5-6-13)14(15,16)17;1-6(13)7-3-2-4-8(5-7)14-9(10,11)12/h11H,2-10H2,1H3,(H,18,20);2-5H,1H3. The van der Waals surface area contributed by atoms with Crippen LogP contribution < -0.4 is 10.1 Å². The Bertz CT molecular complexity index is 829. The van der Waals surface area contributed by atoms with Gasteiger partial charge in [0.1, 0.15) is 11.2 Å². The maximum Gasteiger partial charge on any atom is 0.573 e. The van der Waals surface area contributed by atoms with Crippen molar-refractivity contribution in [1.29, 1.82) is 0 Å². The van der Waals surface area contributed by atoms with Crippen molar-refractivity contribution < 1.29 is 40.7 Å². The normalized spacial score (nSPS) is 18.5. The fraction of sp³-hybridized carbons (Fsp3) is 0.652. The Morgan fingerprint density at radius 3 is 2.21 bits per heavy atom. The SMILES string of the molecule is CC(=O)c1cccc(OC(F)(F)F)c1.CCC1CCN(CCNC(=O)C2(C(F)(F)F)CC2)CC1. The third-order valence-corrected chi connectivity index (χ3v) is 6.20. The number of alkyl halides is 6. The third kappa shape index (κ3) is 8.18. The molecule has 1 aliphatic heterocycles. The topological polar surface area (TPSA) is 58.6 Å². The van der Waals surface area contributed by atoms with Crippen LogP contribution in [-0.2, 0) is 4.79 Å². The molecule has 34 heavy (non-hydrogen) atoms. The van der Waals surface area contributed by atoms with Gasteiger partial charge in [0.25, 0.3) is 0 Å². The summed E-state index contributed by atoms with van der Waals surface area (Å²) in [7, 11) is 0. The van der Waals surface area contributed by atoms with Crippen LogP contribution in [0.1, 0.15) is 56.3 Å². The van der Waals surface area contributed by atoms with E-state index in [2.05, 4.69) is 21.9 Å². The molecule has 1 saturated carbocycles.